The Balaban J connectivity index is 1.77. The number of phenolic OH excluding ortho intramolecular Hbond substituents is 1. The number of fused-ring (bicyclic) bond motifs is 1. The lowest BCUT2D eigenvalue weighted by atomic mass is 9.95. The standard InChI is InChI=1S/C27H33N3O5/c1-5-34-14-8-13-30-26(18-11-12-21(22(15-18)33-4)35-16-17(2)3)23-24(28-29-25(23)27(30)32)19-9-6-7-10-20(19)31/h6-7,9-12,15,17,26,31H,5,8,13-14,16H2,1-4H3,(H,28,29). The number of rotatable bonds is 11. The number of amides is 1. The molecule has 1 aliphatic heterocycles. The first kappa shape index (κ1) is 24.6. The van der Waals surface area contributed by atoms with Crippen molar-refractivity contribution in [2.24, 2.45) is 5.92 Å². The maximum absolute atomic E-state index is 13.5. The Morgan fingerprint density at radius 1 is 1.17 bits per heavy atom. The summed E-state index contributed by atoms with van der Waals surface area (Å²) in [6, 6.07) is 12.4. The molecule has 2 heterocycles. The number of hydrogen-bond acceptors (Lipinski definition) is 6. The van der Waals surface area contributed by atoms with Gasteiger partial charge in [0.05, 0.1) is 19.8 Å². The van der Waals surface area contributed by atoms with Crippen LogP contribution < -0.4 is 9.47 Å². The van der Waals surface area contributed by atoms with Gasteiger partial charge in [-0.05, 0) is 49.1 Å². The van der Waals surface area contributed by atoms with E-state index in [-0.39, 0.29) is 11.7 Å². The summed E-state index contributed by atoms with van der Waals surface area (Å²) in [4.78, 5) is 15.3. The molecule has 1 aromatic heterocycles. The van der Waals surface area contributed by atoms with Crippen LogP contribution in [0.3, 0.4) is 0 Å². The smallest absolute Gasteiger partial charge is 0.273 e. The van der Waals surface area contributed by atoms with Gasteiger partial charge in [-0.2, -0.15) is 5.10 Å². The van der Waals surface area contributed by atoms with Crippen molar-refractivity contribution in [2.75, 3.05) is 33.5 Å². The number of para-hydroxylation sites is 1. The number of carbonyl (C=O) groups is 1. The Kier molecular flexibility index (Phi) is 7.60. The number of H-pyrrole nitrogens is 1. The topological polar surface area (TPSA) is 96.9 Å². The normalized spacial score (nSPS) is 15.1. The summed E-state index contributed by atoms with van der Waals surface area (Å²) in [5, 5.41) is 17.9. The average molecular weight is 480 g/mol. The van der Waals surface area contributed by atoms with Gasteiger partial charge in [0.25, 0.3) is 5.91 Å². The van der Waals surface area contributed by atoms with E-state index >= 15 is 0 Å². The summed E-state index contributed by atoms with van der Waals surface area (Å²) in [5.74, 6) is 1.62. The van der Waals surface area contributed by atoms with Crippen LogP contribution in [-0.4, -0.2) is 59.6 Å². The molecule has 1 aliphatic rings. The monoisotopic (exact) mass is 479 g/mol. The van der Waals surface area contributed by atoms with Gasteiger partial charge in [-0.3, -0.25) is 9.89 Å². The van der Waals surface area contributed by atoms with E-state index in [1.165, 1.54) is 0 Å². The van der Waals surface area contributed by atoms with E-state index in [0.717, 1.165) is 11.1 Å². The summed E-state index contributed by atoms with van der Waals surface area (Å²) in [5.41, 5.74) is 3.18. The molecular weight excluding hydrogens is 446 g/mol. The highest BCUT2D eigenvalue weighted by Crippen LogP contribution is 2.45. The first-order valence-corrected chi connectivity index (χ1v) is 12.0. The van der Waals surface area contributed by atoms with Crippen LogP contribution in [0.2, 0.25) is 0 Å². The highest BCUT2D eigenvalue weighted by atomic mass is 16.5. The molecular formula is C27H33N3O5. The van der Waals surface area contributed by atoms with E-state index in [0.29, 0.717) is 67.2 Å². The first-order chi connectivity index (χ1) is 17.0. The number of hydrogen-bond donors (Lipinski definition) is 2. The predicted octanol–water partition coefficient (Wildman–Crippen LogP) is 4.80. The maximum Gasteiger partial charge on any atom is 0.273 e. The molecule has 0 spiro atoms. The molecule has 4 rings (SSSR count). The molecule has 2 aromatic carbocycles. The van der Waals surface area contributed by atoms with Crippen molar-refractivity contribution in [3.63, 3.8) is 0 Å². The number of nitrogens with one attached hydrogen (secondary N) is 1. The number of benzene rings is 2. The van der Waals surface area contributed by atoms with Crippen molar-refractivity contribution in [3.05, 3.63) is 59.3 Å². The number of phenols is 1. The van der Waals surface area contributed by atoms with Gasteiger partial charge in [-0.1, -0.05) is 32.0 Å². The molecule has 2 N–H and O–H groups in total. The average Bonchev–Trinajstić information content (AvgIpc) is 3.39. The van der Waals surface area contributed by atoms with Crippen LogP contribution in [0.1, 0.15) is 54.8 Å². The Morgan fingerprint density at radius 3 is 2.69 bits per heavy atom. The van der Waals surface area contributed by atoms with Crippen molar-refractivity contribution >= 4 is 5.91 Å². The molecule has 186 valence electrons. The van der Waals surface area contributed by atoms with Gasteiger partial charge in [0.15, 0.2) is 11.5 Å². The largest absolute Gasteiger partial charge is 0.507 e. The molecule has 3 aromatic rings. The predicted molar refractivity (Wildman–Crippen MR) is 133 cm³/mol. The summed E-state index contributed by atoms with van der Waals surface area (Å²) >= 11 is 0. The quantitative estimate of drug-likeness (QED) is 0.384. The van der Waals surface area contributed by atoms with Crippen molar-refractivity contribution < 1.29 is 24.1 Å². The summed E-state index contributed by atoms with van der Waals surface area (Å²) in [7, 11) is 1.61. The Hall–Kier alpha value is -3.52. The number of aromatic hydroxyl groups is 1. The number of carbonyl (C=O) groups excluding carboxylic acids is 1. The molecule has 1 amide bonds. The SMILES string of the molecule is CCOCCCN1C(=O)c2[nH]nc(-c3ccccc3O)c2C1c1ccc(OCC(C)C)c(OC)c1. The highest BCUT2D eigenvalue weighted by molar-refractivity contribution is 6.00. The van der Waals surface area contributed by atoms with Gasteiger partial charge >= 0.3 is 0 Å². The molecule has 0 saturated heterocycles. The maximum atomic E-state index is 13.5. The van der Waals surface area contributed by atoms with Crippen LogP contribution in [0.4, 0.5) is 0 Å². The van der Waals surface area contributed by atoms with E-state index in [1.807, 2.05) is 36.1 Å². The van der Waals surface area contributed by atoms with Crippen LogP contribution in [-0.2, 0) is 4.74 Å². The molecule has 1 atom stereocenters. The molecule has 0 radical (unpaired) electrons. The minimum absolute atomic E-state index is 0.109. The van der Waals surface area contributed by atoms with E-state index < -0.39 is 6.04 Å². The van der Waals surface area contributed by atoms with Crippen molar-refractivity contribution in [1.29, 1.82) is 0 Å². The second kappa shape index (κ2) is 10.8. The van der Waals surface area contributed by atoms with Crippen LogP contribution >= 0.6 is 0 Å². The van der Waals surface area contributed by atoms with E-state index in [1.54, 1.807) is 25.3 Å². The first-order valence-electron chi connectivity index (χ1n) is 12.0. The molecule has 35 heavy (non-hydrogen) atoms. The second-order valence-corrected chi connectivity index (χ2v) is 8.94. The summed E-state index contributed by atoms with van der Waals surface area (Å²) < 4.78 is 17.1. The van der Waals surface area contributed by atoms with Crippen LogP contribution in [0.5, 0.6) is 17.2 Å². The minimum atomic E-state index is -0.402. The van der Waals surface area contributed by atoms with Crippen LogP contribution in [0.15, 0.2) is 42.5 Å². The van der Waals surface area contributed by atoms with E-state index in [2.05, 4.69) is 24.0 Å². The van der Waals surface area contributed by atoms with E-state index in [4.69, 9.17) is 14.2 Å². The van der Waals surface area contributed by atoms with Gasteiger partial charge in [-0.15, -0.1) is 0 Å². The fourth-order valence-electron chi connectivity index (χ4n) is 4.36. The number of nitrogens with zero attached hydrogens (tertiary/aromatic N) is 2. The number of aromatic amines is 1. The highest BCUT2D eigenvalue weighted by Gasteiger charge is 2.42. The Bertz CT molecular complexity index is 1170. The molecule has 8 heteroatoms. The number of ether oxygens (including phenoxy) is 3. The lowest BCUT2D eigenvalue weighted by Gasteiger charge is -2.27. The molecule has 1 unspecified atom stereocenters. The molecule has 0 fully saturated rings. The summed E-state index contributed by atoms with van der Waals surface area (Å²) in [6.45, 7) is 8.42. The lowest BCUT2D eigenvalue weighted by molar-refractivity contribution is 0.0710. The van der Waals surface area contributed by atoms with Gasteiger partial charge in [0, 0.05) is 30.9 Å². The van der Waals surface area contributed by atoms with Crippen molar-refractivity contribution in [3.8, 4) is 28.5 Å². The third-order valence-corrected chi connectivity index (χ3v) is 5.99. The number of methoxy groups -OCH3 is 1. The van der Waals surface area contributed by atoms with Gasteiger partial charge in [0.1, 0.15) is 17.1 Å². The fraction of sp³-hybridized carbons (Fsp3) is 0.407. The zero-order valence-electron chi connectivity index (χ0n) is 20.7. The van der Waals surface area contributed by atoms with Gasteiger partial charge in [-0.25, -0.2) is 0 Å². The zero-order chi connectivity index (χ0) is 24.9. The van der Waals surface area contributed by atoms with Gasteiger partial charge in [0.2, 0.25) is 0 Å². The second-order valence-electron chi connectivity index (χ2n) is 8.94. The van der Waals surface area contributed by atoms with Crippen molar-refractivity contribution in [2.45, 2.75) is 33.2 Å². The minimum Gasteiger partial charge on any atom is -0.507 e. The van der Waals surface area contributed by atoms with Crippen LogP contribution in [0, 0.1) is 5.92 Å². The summed E-state index contributed by atoms with van der Waals surface area (Å²) in [6.07, 6.45) is 0.701. The zero-order valence-corrected chi connectivity index (χ0v) is 20.7. The lowest BCUT2D eigenvalue weighted by Crippen LogP contribution is -2.31. The molecule has 0 saturated carbocycles. The van der Waals surface area contributed by atoms with Crippen molar-refractivity contribution in [1.82, 2.24) is 15.1 Å². The van der Waals surface area contributed by atoms with Gasteiger partial charge < -0.3 is 24.2 Å². The van der Waals surface area contributed by atoms with E-state index in [9.17, 15) is 9.90 Å². The molecule has 0 bridgehead atoms. The Labute approximate surface area is 205 Å². The number of aromatic nitrogens is 2. The molecule has 8 nitrogen and oxygen atoms in total. The fourth-order valence-corrected chi connectivity index (χ4v) is 4.36. The third-order valence-electron chi connectivity index (χ3n) is 5.99. The van der Waals surface area contributed by atoms with Crippen LogP contribution in [0.25, 0.3) is 11.3 Å². The Morgan fingerprint density at radius 2 is 1.97 bits per heavy atom. The molecule has 0 aliphatic carbocycles. The third kappa shape index (κ3) is 4.98.